The second-order valence-corrected chi connectivity index (χ2v) is 4.29. The number of hydrogen-bond acceptors (Lipinski definition) is 5. The van der Waals surface area contributed by atoms with Crippen molar-refractivity contribution >= 4 is 11.8 Å². The van der Waals surface area contributed by atoms with Crippen molar-refractivity contribution in [2.24, 2.45) is 0 Å². The molecule has 1 aliphatic rings. The predicted molar refractivity (Wildman–Crippen MR) is 62.3 cm³/mol. The summed E-state index contributed by atoms with van der Waals surface area (Å²) in [6.45, 7) is 0.262. The molecule has 1 unspecified atom stereocenters. The van der Waals surface area contributed by atoms with Gasteiger partial charge >= 0.3 is 0 Å². The molecule has 0 radical (unpaired) electrons. The lowest BCUT2D eigenvalue weighted by Gasteiger charge is -2.28. The maximum Gasteiger partial charge on any atom is 0.246 e. The van der Waals surface area contributed by atoms with Crippen LogP contribution in [0.4, 0.5) is 0 Å². The fourth-order valence-electron chi connectivity index (χ4n) is 1.93. The van der Waals surface area contributed by atoms with Gasteiger partial charge in [0, 0.05) is 13.5 Å². The Morgan fingerprint density at radius 1 is 1.44 bits per heavy atom. The van der Waals surface area contributed by atoms with Gasteiger partial charge in [0.25, 0.3) is 0 Å². The lowest BCUT2D eigenvalue weighted by molar-refractivity contribution is -0.148. The molecular weight excluding hydrogens is 236 g/mol. The summed E-state index contributed by atoms with van der Waals surface area (Å²) in [7, 11) is 1.50. The van der Waals surface area contributed by atoms with Crippen LogP contribution in [0.3, 0.4) is 0 Å². The molecule has 0 aromatic carbocycles. The van der Waals surface area contributed by atoms with Crippen molar-refractivity contribution in [3.8, 4) is 0 Å². The normalized spacial score (nSPS) is 20.6. The van der Waals surface area contributed by atoms with Gasteiger partial charge in [0.2, 0.25) is 11.8 Å². The maximum absolute atomic E-state index is 11.8. The minimum Gasteiger partial charge on any atom is -0.462 e. The third-order valence-electron chi connectivity index (χ3n) is 3.05. The fourth-order valence-corrected chi connectivity index (χ4v) is 1.93. The number of likely N-dealkylation sites (tertiary alicyclic amines) is 1. The smallest absolute Gasteiger partial charge is 0.246 e. The van der Waals surface area contributed by atoms with Crippen molar-refractivity contribution in [3.05, 3.63) is 23.7 Å². The summed E-state index contributed by atoms with van der Waals surface area (Å²) in [4.78, 5) is 24.2. The number of hydrogen-bond donors (Lipinski definition) is 2. The van der Waals surface area contributed by atoms with Crippen molar-refractivity contribution < 1.29 is 19.1 Å². The Balaban J connectivity index is 1.90. The number of nitrogens with one attached hydrogen (secondary N) is 1. The highest BCUT2D eigenvalue weighted by Gasteiger charge is 2.31. The van der Waals surface area contributed by atoms with Crippen LogP contribution in [0.2, 0.25) is 0 Å². The van der Waals surface area contributed by atoms with Crippen LogP contribution >= 0.6 is 0 Å². The number of rotatable bonds is 4. The van der Waals surface area contributed by atoms with Crippen molar-refractivity contribution in [1.82, 2.24) is 10.2 Å². The van der Waals surface area contributed by atoms with Gasteiger partial charge < -0.3 is 9.52 Å². The summed E-state index contributed by atoms with van der Waals surface area (Å²) in [6.07, 6.45) is 0.884. The number of likely N-dealkylation sites (N-methyl/N-ethyl adjacent to an activating group) is 1. The summed E-state index contributed by atoms with van der Waals surface area (Å²) in [5.74, 6) is 0.805. The maximum atomic E-state index is 11.8. The SMILES string of the molecule is CN1C(=O)CCC(NCc2ccc(CO)o2)C1=O. The molecular formula is C12H16N2O4. The summed E-state index contributed by atoms with van der Waals surface area (Å²) >= 11 is 0. The Morgan fingerprint density at radius 2 is 2.17 bits per heavy atom. The van der Waals surface area contributed by atoms with Crippen LogP contribution in [-0.4, -0.2) is 34.9 Å². The van der Waals surface area contributed by atoms with Gasteiger partial charge in [-0.3, -0.25) is 19.8 Å². The molecule has 1 aromatic rings. The Morgan fingerprint density at radius 3 is 2.83 bits per heavy atom. The van der Waals surface area contributed by atoms with E-state index >= 15 is 0 Å². The number of amides is 2. The zero-order valence-corrected chi connectivity index (χ0v) is 10.2. The van der Waals surface area contributed by atoms with Crippen molar-refractivity contribution in [2.45, 2.75) is 32.0 Å². The predicted octanol–water partition coefficient (Wildman–Crippen LogP) is 0.00890. The third-order valence-corrected chi connectivity index (χ3v) is 3.05. The van der Waals surface area contributed by atoms with E-state index in [1.54, 1.807) is 12.1 Å². The molecule has 0 aliphatic carbocycles. The number of aliphatic hydroxyl groups is 1. The van der Waals surface area contributed by atoms with E-state index in [1.807, 2.05) is 0 Å². The lowest BCUT2D eigenvalue weighted by Crippen LogP contribution is -2.51. The highest BCUT2D eigenvalue weighted by atomic mass is 16.4. The highest BCUT2D eigenvalue weighted by molar-refractivity contribution is 6.00. The summed E-state index contributed by atoms with van der Waals surface area (Å²) in [5, 5.41) is 11.9. The second kappa shape index (κ2) is 5.32. The molecule has 1 aromatic heterocycles. The van der Waals surface area contributed by atoms with Crippen LogP contribution < -0.4 is 5.32 Å². The molecule has 2 rings (SSSR count). The zero-order chi connectivity index (χ0) is 13.1. The largest absolute Gasteiger partial charge is 0.462 e. The molecule has 6 nitrogen and oxygen atoms in total. The molecule has 1 atom stereocenters. The number of nitrogens with zero attached hydrogens (tertiary/aromatic N) is 1. The molecule has 0 saturated carbocycles. The first-order valence-electron chi connectivity index (χ1n) is 5.84. The van der Waals surface area contributed by atoms with E-state index < -0.39 is 0 Å². The minimum atomic E-state index is -0.352. The van der Waals surface area contributed by atoms with Crippen LogP contribution in [0.5, 0.6) is 0 Å². The average molecular weight is 252 g/mol. The van der Waals surface area contributed by atoms with Crippen LogP contribution in [0.15, 0.2) is 16.5 Å². The van der Waals surface area contributed by atoms with E-state index in [2.05, 4.69) is 5.32 Å². The first-order valence-corrected chi connectivity index (χ1v) is 5.84. The van der Waals surface area contributed by atoms with Crippen molar-refractivity contribution in [1.29, 1.82) is 0 Å². The van der Waals surface area contributed by atoms with Crippen LogP contribution in [0, 0.1) is 0 Å². The number of imide groups is 1. The summed E-state index contributed by atoms with van der Waals surface area (Å²) in [6, 6.07) is 3.09. The second-order valence-electron chi connectivity index (χ2n) is 4.29. The Hall–Kier alpha value is -1.66. The zero-order valence-electron chi connectivity index (χ0n) is 10.2. The van der Waals surface area contributed by atoms with Crippen molar-refractivity contribution in [3.63, 3.8) is 0 Å². The average Bonchev–Trinajstić information content (AvgIpc) is 2.83. The molecule has 18 heavy (non-hydrogen) atoms. The van der Waals surface area contributed by atoms with Gasteiger partial charge in [0.1, 0.15) is 18.1 Å². The van der Waals surface area contributed by atoms with Gasteiger partial charge in [0.15, 0.2) is 0 Å². The van der Waals surface area contributed by atoms with Crippen LogP contribution in [0.25, 0.3) is 0 Å². The number of piperidine rings is 1. The van der Waals surface area contributed by atoms with Gasteiger partial charge in [-0.1, -0.05) is 0 Å². The monoisotopic (exact) mass is 252 g/mol. The van der Waals surface area contributed by atoms with Crippen LogP contribution in [0.1, 0.15) is 24.4 Å². The van der Waals surface area contributed by atoms with Crippen LogP contribution in [-0.2, 0) is 22.7 Å². The number of carbonyl (C=O) groups is 2. The van der Waals surface area contributed by atoms with E-state index in [0.717, 1.165) is 4.90 Å². The van der Waals surface area contributed by atoms with E-state index in [-0.39, 0.29) is 24.5 Å². The molecule has 98 valence electrons. The minimum absolute atomic E-state index is 0.139. The summed E-state index contributed by atoms with van der Waals surface area (Å²) in [5.41, 5.74) is 0. The Bertz CT molecular complexity index is 455. The molecule has 0 spiro atoms. The van der Waals surface area contributed by atoms with Crippen molar-refractivity contribution in [2.75, 3.05) is 7.05 Å². The van der Waals surface area contributed by atoms with E-state index in [0.29, 0.717) is 30.9 Å². The molecule has 0 bridgehead atoms. The Kier molecular flexibility index (Phi) is 3.78. The first kappa shape index (κ1) is 12.8. The molecule has 1 aliphatic heterocycles. The van der Waals surface area contributed by atoms with E-state index in [4.69, 9.17) is 9.52 Å². The highest BCUT2D eigenvalue weighted by Crippen LogP contribution is 2.13. The van der Waals surface area contributed by atoms with E-state index in [1.165, 1.54) is 7.05 Å². The summed E-state index contributed by atoms with van der Waals surface area (Å²) < 4.78 is 5.30. The van der Waals surface area contributed by atoms with E-state index in [9.17, 15) is 9.59 Å². The molecule has 2 amide bonds. The third kappa shape index (κ3) is 2.60. The number of carbonyl (C=O) groups excluding carboxylic acids is 2. The molecule has 2 N–H and O–H groups in total. The standard InChI is InChI=1S/C12H16N2O4/c1-14-11(16)5-4-10(12(14)17)13-6-8-2-3-9(7-15)18-8/h2-3,10,13,15H,4-7H2,1H3. The van der Waals surface area contributed by atoms with Gasteiger partial charge in [0.05, 0.1) is 12.6 Å². The molecule has 1 fully saturated rings. The van der Waals surface area contributed by atoms with Gasteiger partial charge in [-0.05, 0) is 18.6 Å². The van der Waals surface area contributed by atoms with Gasteiger partial charge in [-0.25, -0.2) is 0 Å². The number of aliphatic hydroxyl groups excluding tert-OH is 1. The van der Waals surface area contributed by atoms with Gasteiger partial charge in [-0.15, -0.1) is 0 Å². The topological polar surface area (TPSA) is 82.8 Å². The first-order chi connectivity index (χ1) is 8.61. The van der Waals surface area contributed by atoms with Gasteiger partial charge in [-0.2, -0.15) is 0 Å². The molecule has 1 saturated heterocycles. The lowest BCUT2D eigenvalue weighted by atomic mass is 10.0. The molecule has 2 heterocycles. The quantitative estimate of drug-likeness (QED) is 0.737. The fraction of sp³-hybridized carbons (Fsp3) is 0.500. The Labute approximate surface area is 105 Å². The molecule has 6 heteroatoms. The number of furan rings is 1.